The zero-order valence-corrected chi connectivity index (χ0v) is 17.1. The van der Waals surface area contributed by atoms with Crippen LogP contribution in [0.5, 0.6) is 0 Å². The average Bonchev–Trinajstić information content (AvgIpc) is 2.60. The number of fused-ring (bicyclic) bond motifs is 1. The van der Waals surface area contributed by atoms with Gasteiger partial charge >= 0.3 is 0 Å². The molecule has 1 fully saturated rings. The average molecular weight is 406 g/mol. The Morgan fingerprint density at radius 2 is 2.16 bits per heavy atom. The maximum absolute atomic E-state index is 13.1. The van der Waals surface area contributed by atoms with E-state index in [0.29, 0.717) is 17.8 Å². The van der Waals surface area contributed by atoms with E-state index >= 15 is 0 Å². The monoisotopic (exact) mass is 405 g/mol. The molecule has 3 rings (SSSR count). The van der Waals surface area contributed by atoms with Crippen LogP contribution in [-0.2, 0) is 6.54 Å². The number of piperidine rings is 1. The van der Waals surface area contributed by atoms with E-state index in [0.717, 1.165) is 41.7 Å². The second-order valence-electron chi connectivity index (χ2n) is 7.23. The van der Waals surface area contributed by atoms with E-state index in [2.05, 4.69) is 34.7 Å². The van der Waals surface area contributed by atoms with E-state index in [1.165, 1.54) is 12.8 Å². The van der Waals surface area contributed by atoms with Gasteiger partial charge < -0.3 is 0 Å². The third-order valence-corrected chi connectivity index (χ3v) is 5.74. The summed E-state index contributed by atoms with van der Waals surface area (Å²) in [6, 6.07) is 6.03. The molecule has 2 atom stereocenters. The molecular formula is C20H28BrN3O. The highest BCUT2D eigenvalue weighted by Crippen LogP contribution is 2.30. The molecule has 5 heteroatoms. The number of halogens is 1. The van der Waals surface area contributed by atoms with Gasteiger partial charge in [-0.25, -0.2) is 4.98 Å². The predicted octanol–water partition coefficient (Wildman–Crippen LogP) is 4.75. The van der Waals surface area contributed by atoms with E-state index in [-0.39, 0.29) is 11.6 Å². The van der Waals surface area contributed by atoms with E-state index in [1.807, 2.05) is 29.7 Å². The Labute approximate surface area is 158 Å². The molecule has 0 spiro atoms. The zero-order chi connectivity index (χ0) is 18.0. The minimum Gasteiger partial charge on any atom is -0.295 e. The van der Waals surface area contributed by atoms with Crippen molar-refractivity contribution >= 4 is 26.8 Å². The SMILES string of the molecule is CCC[C@H](c1nc2ccc(Br)cc2c(=O)n1CC)N1CCC[C@@H](C)C1. The smallest absolute Gasteiger partial charge is 0.261 e. The zero-order valence-electron chi connectivity index (χ0n) is 15.5. The van der Waals surface area contributed by atoms with Gasteiger partial charge in [-0.15, -0.1) is 0 Å². The van der Waals surface area contributed by atoms with Crippen LogP contribution in [0.2, 0.25) is 0 Å². The van der Waals surface area contributed by atoms with Crippen LogP contribution in [0.1, 0.15) is 58.3 Å². The van der Waals surface area contributed by atoms with Crippen molar-refractivity contribution in [3.8, 4) is 0 Å². The Morgan fingerprint density at radius 3 is 2.84 bits per heavy atom. The van der Waals surface area contributed by atoms with Gasteiger partial charge in [-0.05, 0) is 56.8 Å². The predicted molar refractivity (Wildman–Crippen MR) is 107 cm³/mol. The number of aromatic nitrogens is 2. The molecule has 1 aliphatic rings. The number of hydrogen-bond donors (Lipinski definition) is 0. The Bertz CT molecular complexity index is 801. The minimum absolute atomic E-state index is 0.0787. The van der Waals surface area contributed by atoms with Crippen LogP contribution < -0.4 is 5.56 Å². The van der Waals surface area contributed by atoms with Gasteiger partial charge in [-0.3, -0.25) is 14.3 Å². The molecule has 2 aromatic rings. The quantitative estimate of drug-likeness (QED) is 0.719. The summed E-state index contributed by atoms with van der Waals surface area (Å²) in [5, 5.41) is 0.697. The second kappa shape index (κ2) is 8.00. The van der Waals surface area contributed by atoms with Crippen LogP contribution in [0, 0.1) is 5.92 Å². The van der Waals surface area contributed by atoms with Gasteiger partial charge in [0.2, 0.25) is 0 Å². The minimum atomic E-state index is 0.0787. The highest BCUT2D eigenvalue weighted by atomic mass is 79.9. The highest BCUT2D eigenvalue weighted by molar-refractivity contribution is 9.10. The molecule has 2 heterocycles. The topological polar surface area (TPSA) is 38.1 Å². The molecule has 1 aromatic heterocycles. The molecule has 1 saturated heterocycles. The molecule has 0 unspecified atom stereocenters. The first-order valence-electron chi connectivity index (χ1n) is 9.49. The molecule has 0 saturated carbocycles. The highest BCUT2D eigenvalue weighted by Gasteiger charge is 2.28. The molecule has 136 valence electrons. The first kappa shape index (κ1) is 18.6. The van der Waals surface area contributed by atoms with E-state index in [4.69, 9.17) is 4.98 Å². The van der Waals surface area contributed by atoms with Crippen LogP contribution in [0.15, 0.2) is 27.5 Å². The maximum Gasteiger partial charge on any atom is 0.261 e. The lowest BCUT2D eigenvalue weighted by atomic mass is 9.97. The van der Waals surface area contributed by atoms with Crippen molar-refractivity contribution in [2.45, 2.75) is 59.0 Å². The third kappa shape index (κ3) is 3.82. The lowest BCUT2D eigenvalue weighted by Crippen LogP contribution is -2.40. The van der Waals surface area contributed by atoms with Gasteiger partial charge in [0.25, 0.3) is 5.56 Å². The lowest BCUT2D eigenvalue weighted by Gasteiger charge is -2.37. The van der Waals surface area contributed by atoms with Crippen molar-refractivity contribution in [3.63, 3.8) is 0 Å². The molecule has 4 nitrogen and oxygen atoms in total. The van der Waals surface area contributed by atoms with Gasteiger partial charge in [-0.1, -0.05) is 36.2 Å². The van der Waals surface area contributed by atoms with Crippen LogP contribution in [-0.4, -0.2) is 27.5 Å². The Balaban J connectivity index is 2.13. The maximum atomic E-state index is 13.1. The van der Waals surface area contributed by atoms with E-state index < -0.39 is 0 Å². The van der Waals surface area contributed by atoms with Gasteiger partial charge in [0, 0.05) is 17.6 Å². The summed E-state index contributed by atoms with van der Waals surface area (Å²) >= 11 is 3.47. The fourth-order valence-corrected chi connectivity index (χ4v) is 4.39. The summed E-state index contributed by atoms with van der Waals surface area (Å²) in [6.45, 7) is 9.45. The van der Waals surface area contributed by atoms with E-state index in [1.54, 1.807) is 0 Å². The molecule has 25 heavy (non-hydrogen) atoms. The second-order valence-corrected chi connectivity index (χ2v) is 8.14. The number of rotatable bonds is 5. The van der Waals surface area contributed by atoms with Crippen molar-refractivity contribution in [1.29, 1.82) is 0 Å². The van der Waals surface area contributed by atoms with Crippen LogP contribution in [0.3, 0.4) is 0 Å². The van der Waals surface area contributed by atoms with Crippen LogP contribution >= 0.6 is 15.9 Å². The summed E-state index contributed by atoms with van der Waals surface area (Å²) in [6.07, 6.45) is 4.67. The normalized spacial score (nSPS) is 20.1. The lowest BCUT2D eigenvalue weighted by molar-refractivity contribution is 0.115. The van der Waals surface area contributed by atoms with Crippen molar-refractivity contribution in [2.24, 2.45) is 5.92 Å². The van der Waals surface area contributed by atoms with Gasteiger partial charge in [0.1, 0.15) is 5.82 Å². The van der Waals surface area contributed by atoms with Crippen molar-refractivity contribution in [2.75, 3.05) is 13.1 Å². The summed E-state index contributed by atoms with van der Waals surface area (Å²) in [5.74, 6) is 1.66. The number of likely N-dealkylation sites (tertiary alicyclic amines) is 1. The molecule has 0 aliphatic carbocycles. The molecule has 0 radical (unpaired) electrons. The molecule has 0 bridgehead atoms. The summed E-state index contributed by atoms with van der Waals surface area (Å²) in [4.78, 5) is 20.6. The summed E-state index contributed by atoms with van der Waals surface area (Å²) < 4.78 is 2.80. The number of benzene rings is 1. The fourth-order valence-electron chi connectivity index (χ4n) is 4.03. The van der Waals surface area contributed by atoms with E-state index in [9.17, 15) is 4.79 Å². The first-order valence-corrected chi connectivity index (χ1v) is 10.3. The van der Waals surface area contributed by atoms with Gasteiger partial charge in [0.15, 0.2) is 0 Å². The molecule has 0 amide bonds. The number of hydrogen-bond acceptors (Lipinski definition) is 3. The van der Waals surface area contributed by atoms with Crippen LogP contribution in [0.4, 0.5) is 0 Å². The molecule has 1 aliphatic heterocycles. The number of nitrogens with zero attached hydrogens (tertiary/aromatic N) is 3. The molecule has 1 aromatic carbocycles. The standard InChI is InChI=1S/C20H28BrN3O/c1-4-7-18(23-11-6-8-14(3)13-23)19-22-17-10-9-15(21)12-16(17)20(25)24(19)5-2/h9-10,12,14,18H,4-8,11,13H2,1-3H3/t14-,18-/m1/s1. The van der Waals surface area contributed by atoms with Crippen molar-refractivity contribution in [1.82, 2.24) is 14.5 Å². The van der Waals surface area contributed by atoms with Crippen LogP contribution in [0.25, 0.3) is 10.9 Å². The largest absolute Gasteiger partial charge is 0.295 e. The Morgan fingerprint density at radius 1 is 1.36 bits per heavy atom. The first-order chi connectivity index (χ1) is 12.0. The summed E-state index contributed by atoms with van der Waals surface area (Å²) in [7, 11) is 0. The summed E-state index contributed by atoms with van der Waals surface area (Å²) in [5.41, 5.74) is 0.883. The molecule has 0 N–H and O–H groups in total. The Hall–Kier alpha value is -1.20. The van der Waals surface area contributed by atoms with Gasteiger partial charge in [-0.2, -0.15) is 0 Å². The van der Waals surface area contributed by atoms with Crippen molar-refractivity contribution in [3.05, 3.63) is 38.9 Å². The van der Waals surface area contributed by atoms with Gasteiger partial charge in [0.05, 0.1) is 16.9 Å². The molecular weight excluding hydrogens is 378 g/mol. The Kier molecular flexibility index (Phi) is 5.95. The fraction of sp³-hybridized carbons (Fsp3) is 0.600. The third-order valence-electron chi connectivity index (χ3n) is 5.25. The van der Waals surface area contributed by atoms with Crippen molar-refractivity contribution < 1.29 is 0 Å².